The normalized spacial score (nSPS) is 17.0. The quantitative estimate of drug-likeness (QED) is 0.743. The lowest BCUT2D eigenvalue weighted by Crippen LogP contribution is -2.50. The fourth-order valence-electron chi connectivity index (χ4n) is 2.40. The number of rotatable bonds is 7. The average molecular weight is 349 g/mol. The smallest absolute Gasteiger partial charge is 0.236 e. The van der Waals surface area contributed by atoms with Crippen LogP contribution in [-0.4, -0.2) is 62.8 Å². The second-order valence-corrected chi connectivity index (χ2v) is 7.34. The third-order valence-corrected chi connectivity index (χ3v) is 5.30. The van der Waals surface area contributed by atoms with Crippen molar-refractivity contribution >= 4 is 22.0 Å². The Bertz CT molecular complexity index is 678. The van der Waals surface area contributed by atoms with Crippen molar-refractivity contribution in [1.29, 1.82) is 0 Å². The van der Waals surface area contributed by atoms with Crippen LogP contribution in [0.25, 0.3) is 6.08 Å². The first-order valence-electron chi connectivity index (χ1n) is 7.84. The van der Waals surface area contributed by atoms with Crippen molar-refractivity contribution in [2.24, 2.45) is 0 Å². The van der Waals surface area contributed by atoms with Gasteiger partial charge in [0.25, 0.3) is 0 Å². The molecule has 130 valence electrons. The molecular weight excluding hydrogens is 326 g/mol. The monoisotopic (exact) mass is 349 g/mol. The first-order valence-corrected chi connectivity index (χ1v) is 9.35. The van der Waals surface area contributed by atoms with Crippen molar-refractivity contribution in [1.82, 2.24) is 14.5 Å². The molecule has 0 atom stereocenters. The molecule has 0 spiro atoms. The predicted octanol–water partition coefficient (Wildman–Crippen LogP) is 0.907. The van der Waals surface area contributed by atoms with E-state index < -0.39 is 10.0 Å². The van der Waals surface area contributed by atoms with Crippen LogP contribution in [-0.2, 0) is 14.8 Å². The topological polar surface area (TPSA) is 69.7 Å². The van der Waals surface area contributed by atoms with E-state index in [4.69, 9.17) is 0 Å². The Balaban J connectivity index is 1.85. The van der Waals surface area contributed by atoms with Crippen LogP contribution >= 0.6 is 0 Å². The summed E-state index contributed by atoms with van der Waals surface area (Å²) in [6.45, 7) is 6.12. The van der Waals surface area contributed by atoms with Crippen LogP contribution in [0.2, 0.25) is 0 Å². The molecule has 1 aromatic rings. The van der Waals surface area contributed by atoms with E-state index in [1.165, 1.54) is 9.71 Å². The molecule has 1 heterocycles. The molecule has 0 saturated carbocycles. The zero-order chi connectivity index (χ0) is 17.4. The van der Waals surface area contributed by atoms with Gasteiger partial charge in [0.05, 0.1) is 6.54 Å². The largest absolute Gasteiger partial charge is 0.352 e. The summed E-state index contributed by atoms with van der Waals surface area (Å²) < 4.78 is 26.2. The van der Waals surface area contributed by atoms with E-state index in [2.05, 4.69) is 11.9 Å². The van der Waals surface area contributed by atoms with Crippen LogP contribution in [0, 0.1) is 0 Å². The predicted molar refractivity (Wildman–Crippen MR) is 95.6 cm³/mol. The summed E-state index contributed by atoms with van der Waals surface area (Å²) in [7, 11) is -3.44. The summed E-state index contributed by atoms with van der Waals surface area (Å²) in [4.78, 5) is 13.6. The zero-order valence-electron chi connectivity index (χ0n) is 13.6. The Hall–Kier alpha value is -1.96. The molecule has 0 bridgehead atoms. The van der Waals surface area contributed by atoms with Crippen LogP contribution in [0.3, 0.4) is 0 Å². The summed E-state index contributed by atoms with van der Waals surface area (Å²) in [6, 6.07) is 9.32. The number of piperazine rings is 1. The number of carbonyl (C=O) groups excluding carboxylic acids is 1. The summed E-state index contributed by atoms with van der Waals surface area (Å²) >= 11 is 0. The maximum Gasteiger partial charge on any atom is 0.236 e. The lowest BCUT2D eigenvalue weighted by atomic mass is 10.2. The molecule has 1 aliphatic rings. The Morgan fingerprint density at radius 1 is 1.17 bits per heavy atom. The Labute approximate surface area is 143 Å². The average Bonchev–Trinajstić information content (AvgIpc) is 2.60. The van der Waals surface area contributed by atoms with Crippen molar-refractivity contribution in [3.8, 4) is 0 Å². The van der Waals surface area contributed by atoms with Crippen LogP contribution < -0.4 is 5.32 Å². The highest BCUT2D eigenvalue weighted by Gasteiger charge is 2.25. The van der Waals surface area contributed by atoms with E-state index in [9.17, 15) is 13.2 Å². The molecule has 1 amide bonds. The van der Waals surface area contributed by atoms with Gasteiger partial charge >= 0.3 is 0 Å². The van der Waals surface area contributed by atoms with Gasteiger partial charge in [0, 0.05) is 38.1 Å². The lowest BCUT2D eigenvalue weighted by molar-refractivity contribution is -0.122. The fraction of sp³-hybridized carbons (Fsp3) is 0.353. The van der Waals surface area contributed by atoms with Gasteiger partial charge in [-0.05, 0) is 11.6 Å². The van der Waals surface area contributed by atoms with Gasteiger partial charge in [0.2, 0.25) is 15.9 Å². The molecule has 0 unspecified atom stereocenters. The molecule has 1 fully saturated rings. The second-order valence-electron chi connectivity index (χ2n) is 5.53. The summed E-state index contributed by atoms with van der Waals surface area (Å²) in [5, 5.41) is 3.96. The fourth-order valence-corrected chi connectivity index (χ4v) is 3.58. The van der Waals surface area contributed by atoms with E-state index in [-0.39, 0.29) is 12.5 Å². The van der Waals surface area contributed by atoms with Gasteiger partial charge in [-0.1, -0.05) is 36.4 Å². The van der Waals surface area contributed by atoms with E-state index in [0.29, 0.717) is 32.7 Å². The second kappa shape index (κ2) is 8.77. The van der Waals surface area contributed by atoms with Gasteiger partial charge < -0.3 is 5.32 Å². The number of hydrogen-bond donors (Lipinski definition) is 1. The highest BCUT2D eigenvalue weighted by atomic mass is 32.2. The zero-order valence-corrected chi connectivity index (χ0v) is 14.4. The number of nitrogens with zero attached hydrogens (tertiary/aromatic N) is 2. The number of benzene rings is 1. The Morgan fingerprint density at radius 2 is 1.83 bits per heavy atom. The van der Waals surface area contributed by atoms with Gasteiger partial charge in [-0.2, -0.15) is 4.31 Å². The lowest BCUT2D eigenvalue weighted by Gasteiger charge is -2.32. The molecule has 1 N–H and O–H groups in total. The summed E-state index contributed by atoms with van der Waals surface area (Å²) in [6.07, 6.45) is 3.23. The number of hydrogen-bond acceptors (Lipinski definition) is 4. The third kappa shape index (κ3) is 5.59. The Kier molecular flexibility index (Phi) is 6.72. The SMILES string of the molecule is C=CCNC(=O)CN1CCN(S(=O)(=O)C=Cc2ccccc2)CC1. The Morgan fingerprint density at radius 3 is 2.46 bits per heavy atom. The van der Waals surface area contributed by atoms with Gasteiger partial charge in [-0.3, -0.25) is 9.69 Å². The maximum atomic E-state index is 12.4. The van der Waals surface area contributed by atoms with Crippen molar-refractivity contribution in [2.45, 2.75) is 0 Å². The highest BCUT2D eigenvalue weighted by molar-refractivity contribution is 7.92. The van der Waals surface area contributed by atoms with Crippen LogP contribution in [0.1, 0.15) is 5.56 Å². The molecule has 24 heavy (non-hydrogen) atoms. The van der Waals surface area contributed by atoms with E-state index >= 15 is 0 Å². The van der Waals surface area contributed by atoms with Crippen LogP contribution in [0.15, 0.2) is 48.4 Å². The van der Waals surface area contributed by atoms with E-state index in [1.807, 2.05) is 35.2 Å². The molecule has 1 aromatic carbocycles. The first-order chi connectivity index (χ1) is 11.5. The van der Waals surface area contributed by atoms with Crippen molar-refractivity contribution in [2.75, 3.05) is 39.3 Å². The molecule has 7 heteroatoms. The minimum Gasteiger partial charge on any atom is -0.352 e. The molecule has 0 aliphatic carbocycles. The highest BCUT2D eigenvalue weighted by Crippen LogP contribution is 2.11. The summed E-state index contributed by atoms with van der Waals surface area (Å²) in [5.74, 6) is -0.0739. The van der Waals surface area contributed by atoms with Crippen molar-refractivity contribution in [3.63, 3.8) is 0 Å². The molecule has 6 nitrogen and oxygen atoms in total. The standard InChI is InChI=1S/C17H23N3O3S/c1-2-9-18-17(21)15-19-10-12-20(13-11-19)24(22,23)14-8-16-6-4-3-5-7-16/h2-8,14H,1,9-13,15H2,(H,18,21). The molecule has 2 rings (SSSR count). The number of amides is 1. The molecule has 1 aliphatic heterocycles. The van der Waals surface area contributed by atoms with Gasteiger partial charge in [-0.15, -0.1) is 6.58 Å². The molecule has 1 saturated heterocycles. The van der Waals surface area contributed by atoms with E-state index in [1.54, 1.807) is 12.2 Å². The number of carbonyl (C=O) groups is 1. The van der Waals surface area contributed by atoms with Gasteiger partial charge in [-0.25, -0.2) is 8.42 Å². The van der Waals surface area contributed by atoms with Crippen molar-refractivity contribution in [3.05, 3.63) is 54.0 Å². The summed E-state index contributed by atoms with van der Waals surface area (Å²) in [5.41, 5.74) is 0.846. The molecule has 0 radical (unpaired) electrons. The molecular formula is C17H23N3O3S. The first kappa shape index (κ1) is 18.4. The van der Waals surface area contributed by atoms with Crippen LogP contribution in [0.5, 0.6) is 0 Å². The maximum absolute atomic E-state index is 12.4. The van der Waals surface area contributed by atoms with Gasteiger partial charge in [0.1, 0.15) is 0 Å². The van der Waals surface area contributed by atoms with Gasteiger partial charge in [0.15, 0.2) is 0 Å². The van der Waals surface area contributed by atoms with E-state index in [0.717, 1.165) is 5.56 Å². The molecule has 0 aromatic heterocycles. The van der Waals surface area contributed by atoms with Crippen molar-refractivity contribution < 1.29 is 13.2 Å². The number of nitrogens with one attached hydrogen (secondary N) is 1. The number of sulfonamides is 1. The third-order valence-electron chi connectivity index (χ3n) is 3.73. The minimum absolute atomic E-state index is 0.0739. The van der Waals surface area contributed by atoms with Crippen LogP contribution in [0.4, 0.5) is 0 Å². The minimum atomic E-state index is -3.44.